The zero-order valence-electron chi connectivity index (χ0n) is 16.3. The lowest BCUT2D eigenvalue weighted by Crippen LogP contribution is -2.27. The summed E-state index contributed by atoms with van der Waals surface area (Å²) in [4.78, 5) is 25.4. The molecule has 0 unspecified atom stereocenters. The Morgan fingerprint density at radius 3 is 2.52 bits per heavy atom. The van der Waals surface area contributed by atoms with Crippen molar-refractivity contribution in [3.8, 4) is 5.69 Å². The summed E-state index contributed by atoms with van der Waals surface area (Å²) in [6.07, 6.45) is 7.99. The van der Waals surface area contributed by atoms with Gasteiger partial charge >= 0.3 is 0 Å². The van der Waals surface area contributed by atoms with Gasteiger partial charge in [-0.05, 0) is 50.2 Å². The van der Waals surface area contributed by atoms with Gasteiger partial charge in [-0.3, -0.25) is 9.59 Å². The molecule has 1 fully saturated rings. The van der Waals surface area contributed by atoms with E-state index in [4.69, 9.17) is 0 Å². The number of aromatic nitrogens is 2. The first-order chi connectivity index (χ1) is 13.1. The van der Waals surface area contributed by atoms with E-state index in [0.29, 0.717) is 23.7 Å². The van der Waals surface area contributed by atoms with E-state index in [1.165, 1.54) is 0 Å². The van der Waals surface area contributed by atoms with E-state index >= 15 is 0 Å². The van der Waals surface area contributed by atoms with Crippen LogP contribution in [0.15, 0.2) is 36.5 Å². The molecule has 5 heteroatoms. The van der Waals surface area contributed by atoms with Crippen LogP contribution < -0.4 is 5.32 Å². The van der Waals surface area contributed by atoms with Crippen molar-refractivity contribution in [2.75, 3.05) is 5.32 Å². The van der Waals surface area contributed by atoms with Crippen molar-refractivity contribution in [2.24, 2.45) is 11.8 Å². The molecule has 0 atom stereocenters. The van der Waals surface area contributed by atoms with Gasteiger partial charge in [-0.1, -0.05) is 38.5 Å². The summed E-state index contributed by atoms with van der Waals surface area (Å²) in [5, 5.41) is 7.47. The molecule has 5 nitrogen and oxygen atoms in total. The number of nitrogens with zero attached hydrogens (tertiary/aromatic N) is 2. The molecule has 0 bridgehead atoms. The van der Waals surface area contributed by atoms with Gasteiger partial charge in [0.1, 0.15) is 0 Å². The molecule has 0 radical (unpaired) electrons. The average Bonchev–Trinajstić information content (AvgIpc) is 3.11. The fraction of sp³-hybridized carbons (Fsp3) is 0.500. The molecular formula is C22H29N3O2. The number of anilines is 1. The Labute approximate surface area is 161 Å². The smallest absolute Gasteiger partial charge is 0.228 e. The third-order valence-electron chi connectivity index (χ3n) is 5.42. The van der Waals surface area contributed by atoms with E-state index in [2.05, 4.69) is 24.3 Å². The first-order valence-electron chi connectivity index (χ1n) is 10.1. The minimum atomic E-state index is -0.00949. The molecule has 144 valence electrons. The molecule has 1 aromatic heterocycles. The molecule has 1 amide bonds. The molecule has 1 aliphatic carbocycles. The topological polar surface area (TPSA) is 64.0 Å². The van der Waals surface area contributed by atoms with Crippen molar-refractivity contribution < 1.29 is 9.59 Å². The number of ketones is 1. The highest BCUT2D eigenvalue weighted by Crippen LogP contribution is 2.29. The van der Waals surface area contributed by atoms with Crippen LogP contribution in [0.25, 0.3) is 5.69 Å². The van der Waals surface area contributed by atoms with E-state index in [-0.39, 0.29) is 17.6 Å². The van der Waals surface area contributed by atoms with Gasteiger partial charge in [0.2, 0.25) is 5.91 Å². The van der Waals surface area contributed by atoms with Crippen LogP contribution in [-0.2, 0) is 4.79 Å². The molecule has 3 rings (SSSR count). The van der Waals surface area contributed by atoms with Crippen LogP contribution in [0.1, 0.15) is 69.2 Å². The first kappa shape index (κ1) is 19.3. The monoisotopic (exact) mass is 367 g/mol. The zero-order valence-corrected chi connectivity index (χ0v) is 16.3. The number of hydrogen-bond donors (Lipinski definition) is 1. The Hall–Kier alpha value is -2.43. The standard InChI is InChI=1S/C22H29N3O2/c1-3-4-10-20(26)19-15-25(18-8-6-5-7-9-18)24-21(19)23-22(27)17-13-11-16(2)12-14-17/h5-9,15-17H,3-4,10-14H2,1-2H3,(H,23,24,27). The molecule has 2 aromatic rings. The lowest BCUT2D eigenvalue weighted by molar-refractivity contribution is -0.121. The lowest BCUT2D eigenvalue weighted by atomic mass is 9.82. The van der Waals surface area contributed by atoms with Crippen LogP contribution in [0.3, 0.4) is 0 Å². The van der Waals surface area contributed by atoms with Crippen molar-refractivity contribution in [1.29, 1.82) is 0 Å². The minimum Gasteiger partial charge on any atom is -0.308 e. The number of rotatable bonds is 7. The van der Waals surface area contributed by atoms with Gasteiger partial charge < -0.3 is 5.32 Å². The number of amides is 1. The molecular weight excluding hydrogens is 338 g/mol. The summed E-state index contributed by atoms with van der Waals surface area (Å²) >= 11 is 0. The molecule has 1 aliphatic rings. The first-order valence-corrected chi connectivity index (χ1v) is 10.1. The summed E-state index contributed by atoms with van der Waals surface area (Å²) in [5.41, 5.74) is 1.37. The fourth-order valence-electron chi connectivity index (χ4n) is 3.60. The molecule has 0 spiro atoms. The number of carbonyl (C=O) groups is 2. The molecule has 1 aromatic carbocycles. The second kappa shape index (κ2) is 8.98. The highest BCUT2D eigenvalue weighted by atomic mass is 16.2. The van der Waals surface area contributed by atoms with Crippen molar-refractivity contribution in [3.05, 3.63) is 42.1 Å². The summed E-state index contributed by atoms with van der Waals surface area (Å²) in [5.74, 6) is 1.12. The SMILES string of the molecule is CCCCC(=O)c1cn(-c2ccccc2)nc1NC(=O)C1CCC(C)CC1. The normalized spacial score (nSPS) is 19.6. The van der Waals surface area contributed by atoms with Gasteiger partial charge in [-0.2, -0.15) is 0 Å². The number of Topliss-reactive ketones (excluding diaryl/α,β-unsaturated/α-hetero) is 1. The number of carbonyl (C=O) groups excluding carboxylic acids is 2. The van der Waals surface area contributed by atoms with Crippen molar-refractivity contribution >= 4 is 17.5 Å². The third kappa shape index (κ3) is 4.85. The highest BCUT2D eigenvalue weighted by Gasteiger charge is 2.26. The number of nitrogens with one attached hydrogen (secondary N) is 1. The van der Waals surface area contributed by atoms with E-state index in [1.54, 1.807) is 10.9 Å². The van der Waals surface area contributed by atoms with Crippen LogP contribution in [-0.4, -0.2) is 21.5 Å². The second-order valence-electron chi connectivity index (χ2n) is 7.64. The molecule has 27 heavy (non-hydrogen) atoms. The summed E-state index contributed by atoms with van der Waals surface area (Å²) in [6.45, 7) is 4.30. The van der Waals surface area contributed by atoms with Gasteiger partial charge in [0.25, 0.3) is 0 Å². The fourth-order valence-corrected chi connectivity index (χ4v) is 3.60. The highest BCUT2D eigenvalue weighted by molar-refractivity contribution is 6.04. The third-order valence-corrected chi connectivity index (χ3v) is 5.42. The molecule has 1 heterocycles. The van der Waals surface area contributed by atoms with Crippen LogP contribution in [0, 0.1) is 11.8 Å². The Morgan fingerprint density at radius 2 is 1.85 bits per heavy atom. The van der Waals surface area contributed by atoms with Gasteiger partial charge in [0.15, 0.2) is 11.6 Å². The van der Waals surface area contributed by atoms with Crippen LogP contribution in [0.5, 0.6) is 0 Å². The number of benzene rings is 1. The predicted octanol–water partition coefficient (Wildman–Crippen LogP) is 5.01. The maximum Gasteiger partial charge on any atom is 0.228 e. The molecule has 0 aliphatic heterocycles. The summed E-state index contributed by atoms with van der Waals surface area (Å²) in [6, 6.07) is 9.66. The quantitative estimate of drug-likeness (QED) is 0.700. The van der Waals surface area contributed by atoms with E-state index < -0.39 is 0 Å². The van der Waals surface area contributed by atoms with Crippen LogP contribution >= 0.6 is 0 Å². The van der Waals surface area contributed by atoms with Gasteiger partial charge in [0.05, 0.1) is 11.3 Å². The van der Waals surface area contributed by atoms with Crippen molar-refractivity contribution in [1.82, 2.24) is 9.78 Å². The van der Waals surface area contributed by atoms with Crippen molar-refractivity contribution in [2.45, 2.75) is 58.8 Å². The Kier molecular flexibility index (Phi) is 6.43. The van der Waals surface area contributed by atoms with Gasteiger partial charge in [-0.15, -0.1) is 5.10 Å². The largest absolute Gasteiger partial charge is 0.308 e. The van der Waals surface area contributed by atoms with E-state index in [9.17, 15) is 9.59 Å². The van der Waals surface area contributed by atoms with E-state index in [0.717, 1.165) is 44.2 Å². The van der Waals surface area contributed by atoms with Gasteiger partial charge in [-0.25, -0.2) is 4.68 Å². The van der Waals surface area contributed by atoms with Crippen molar-refractivity contribution in [3.63, 3.8) is 0 Å². The van der Waals surface area contributed by atoms with E-state index in [1.807, 2.05) is 30.3 Å². The average molecular weight is 367 g/mol. The Balaban J connectivity index is 1.82. The molecule has 1 N–H and O–H groups in total. The van der Waals surface area contributed by atoms with Crippen LogP contribution in [0.4, 0.5) is 5.82 Å². The predicted molar refractivity (Wildman–Crippen MR) is 107 cm³/mol. The number of unbranched alkanes of at least 4 members (excludes halogenated alkanes) is 1. The number of hydrogen-bond acceptors (Lipinski definition) is 3. The van der Waals surface area contributed by atoms with Crippen LogP contribution in [0.2, 0.25) is 0 Å². The zero-order chi connectivity index (χ0) is 19.2. The maximum absolute atomic E-state index is 12.7. The molecule has 1 saturated carbocycles. The Bertz CT molecular complexity index is 774. The minimum absolute atomic E-state index is 0.00949. The molecule has 0 saturated heterocycles. The number of para-hydroxylation sites is 1. The summed E-state index contributed by atoms with van der Waals surface area (Å²) in [7, 11) is 0. The second-order valence-corrected chi connectivity index (χ2v) is 7.64. The summed E-state index contributed by atoms with van der Waals surface area (Å²) < 4.78 is 1.68. The maximum atomic E-state index is 12.7. The lowest BCUT2D eigenvalue weighted by Gasteiger charge is -2.24. The Morgan fingerprint density at radius 1 is 1.15 bits per heavy atom. The van der Waals surface area contributed by atoms with Gasteiger partial charge in [0, 0.05) is 18.5 Å².